The lowest BCUT2D eigenvalue weighted by molar-refractivity contribution is -0.138. The number of aryl methyl sites for hydroxylation is 1. The van der Waals surface area contributed by atoms with E-state index in [1.54, 1.807) is 6.92 Å². The van der Waals surface area contributed by atoms with Gasteiger partial charge in [0.15, 0.2) is 0 Å². The fraction of sp³-hybridized carbons (Fsp3) is 0.300. The molecule has 0 aliphatic rings. The molecule has 0 amide bonds. The smallest absolute Gasteiger partial charge is 0.310 e. The number of rotatable bonds is 2. The van der Waals surface area contributed by atoms with Gasteiger partial charge in [-0.3, -0.25) is 4.79 Å². The van der Waals surface area contributed by atoms with E-state index in [2.05, 4.69) is 15.9 Å². The Morgan fingerprint density at radius 2 is 2.15 bits per heavy atom. The molecule has 0 saturated heterocycles. The van der Waals surface area contributed by atoms with Crippen LogP contribution in [0.2, 0.25) is 0 Å². The Labute approximate surface area is 85.7 Å². The van der Waals surface area contributed by atoms with Gasteiger partial charge in [-0.15, -0.1) is 0 Å². The second kappa shape index (κ2) is 3.92. The third-order valence-electron chi connectivity index (χ3n) is 2.07. The number of hydrogen-bond donors (Lipinski definition) is 1. The average molecular weight is 243 g/mol. The van der Waals surface area contributed by atoms with Gasteiger partial charge in [0.05, 0.1) is 5.92 Å². The summed E-state index contributed by atoms with van der Waals surface area (Å²) < 4.78 is 0.978. The molecule has 0 unspecified atom stereocenters. The van der Waals surface area contributed by atoms with Crippen molar-refractivity contribution >= 4 is 21.9 Å². The first-order valence-corrected chi connectivity index (χ1v) is 4.80. The highest BCUT2D eigenvalue weighted by Gasteiger charge is 2.15. The lowest BCUT2D eigenvalue weighted by Gasteiger charge is -2.09. The summed E-state index contributed by atoms with van der Waals surface area (Å²) in [4.78, 5) is 10.7. The summed E-state index contributed by atoms with van der Waals surface area (Å²) in [5.74, 6) is -1.22. The summed E-state index contributed by atoms with van der Waals surface area (Å²) in [6.45, 7) is 3.61. The van der Waals surface area contributed by atoms with Gasteiger partial charge in [0.1, 0.15) is 0 Å². The van der Waals surface area contributed by atoms with E-state index < -0.39 is 11.9 Å². The first-order valence-electron chi connectivity index (χ1n) is 4.01. The maximum atomic E-state index is 10.7. The van der Waals surface area contributed by atoms with Crippen LogP contribution in [-0.2, 0) is 4.79 Å². The van der Waals surface area contributed by atoms with Crippen LogP contribution in [0.3, 0.4) is 0 Å². The molecule has 13 heavy (non-hydrogen) atoms. The second-order valence-corrected chi connectivity index (χ2v) is 3.98. The van der Waals surface area contributed by atoms with Crippen LogP contribution in [0.5, 0.6) is 0 Å². The number of halogens is 1. The van der Waals surface area contributed by atoms with Gasteiger partial charge in [-0.05, 0) is 37.1 Å². The summed E-state index contributed by atoms with van der Waals surface area (Å²) in [6.07, 6.45) is 0. The van der Waals surface area contributed by atoms with E-state index in [4.69, 9.17) is 5.11 Å². The Balaban J connectivity index is 3.08. The topological polar surface area (TPSA) is 37.3 Å². The van der Waals surface area contributed by atoms with Crippen LogP contribution in [0, 0.1) is 6.92 Å². The minimum absolute atomic E-state index is 0.437. The highest BCUT2D eigenvalue weighted by atomic mass is 79.9. The molecule has 3 heteroatoms. The fourth-order valence-electron chi connectivity index (χ4n) is 1.26. The van der Waals surface area contributed by atoms with Crippen LogP contribution >= 0.6 is 15.9 Å². The lowest BCUT2D eigenvalue weighted by Crippen LogP contribution is -2.08. The zero-order valence-corrected chi connectivity index (χ0v) is 9.13. The minimum Gasteiger partial charge on any atom is -0.481 e. The predicted molar refractivity (Wildman–Crippen MR) is 54.9 cm³/mol. The fourth-order valence-corrected chi connectivity index (χ4v) is 1.73. The van der Waals surface area contributed by atoms with Crippen molar-refractivity contribution in [2.75, 3.05) is 0 Å². The van der Waals surface area contributed by atoms with Crippen molar-refractivity contribution in [2.24, 2.45) is 0 Å². The molecule has 1 rings (SSSR count). The normalized spacial score (nSPS) is 12.5. The van der Waals surface area contributed by atoms with Crippen molar-refractivity contribution in [3.63, 3.8) is 0 Å². The summed E-state index contributed by atoms with van der Waals surface area (Å²) in [5.41, 5.74) is 1.87. The zero-order valence-electron chi connectivity index (χ0n) is 7.54. The van der Waals surface area contributed by atoms with Crippen molar-refractivity contribution in [3.05, 3.63) is 33.8 Å². The highest BCUT2D eigenvalue weighted by Crippen LogP contribution is 2.22. The lowest BCUT2D eigenvalue weighted by atomic mass is 9.97. The van der Waals surface area contributed by atoms with Crippen molar-refractivity contribution in [2.45, 2.75) is 19.8 Å². The Hall–Kier alpha value is -0.830. The maximum absolute atomic E-state index is 10.7. The zero-order chi connectivity index (χ0) is 10.0. The molecule has 1 aromatic carbocycles. The van der Waals surface area contributed by atoms with Crippen LogP contribution in [0.1, 0.15) is 24.0 Å². The molecule has 0 bridgehead atoms. The molecule has 0 aromatic heterocycles. The third kappa shape index (κ3) is 2.31. The van der Waals surface area contributed by atoms with Gasteiger partial charge in [-0.25, -0.2) is 0 Å². The van der Waals surface area contributed by atoms with E-state index in [1.807, 2.05) is 25.1 Å². The summed E-state index contributed by atoms with van der Waals surface area (Å²) in [7, 11) is 0. The van der Waals surface area contributed by atoms with Crippen LogP contribution in [0.15, 0.2) is 22.7 Å². The quantitative estimate of drug-likeness (QED) is 0.866. The molecule has 0 radical (unpaired) electrons. The van der Waals surface area contributed by atoms with Gasteiger partial charge >= 0.3 is 5.97 Å². The summed E-state index contributed by atoms with van der Waals surface area (Å²) in [6, 6.07) is 5.63. The number of aliphatic carboxylic acids is 1. The highest BCUT2D eigenvalue weighted by molar-refractivity contribution is 9.10. The van der Waals surface area contributed by atoms with Crippen LogP contribution < -0.4 is 0 Å². The Morgan fingerprint density at radius 1 is 1.54 bits per heavy atom. The number of hydrogen-bond acceptors (Lipinski definition) is 1. The van der Waals surface area contributed by atoms with Gasteiger partial charge in [-0.2, -0.15) is 0 Å². The maximum Gasteiger partial charge on any atom is 0.310 e. The van der Waals surface area contributed by atoms with Crippen molar-refractivity contribution in [3.8, 4) is 0 Å². The standard InChI is InChI=1S/C10H11BrO2/c1-6-5-8(11)3-4-9(6)7(2)10(12)13/h3-5,7H,1-2H3,(H,12,13)/t7-/m0/s1. The van der Waals surface area contributed by atoms with E-state index >= 15 is 0 Å². The first-order chi connectivity index (χ1) is 6.02. The molecule has 0 heterocycles. The number of carbonyl (C=O) groups is 1. The number of benzene rings is 1. The molecule has 1 aromatic rings. The Kier molecular flexibility index (Phi) is 3.09. The van der Waals surface area contributed by atoms with Gasteiger partial charge < -0.3 is 5.11 Å². The van der Waals surface area contributed by atoms with Gasteiger partial charge in [0.25, 0.3) is 0 Å². The summed E-state index contributed by atoms with van der Waals surface area (Å²) >= 11 is 3.33. The Bertz CT molecular complexity index is 334. The molecule has 1 atom stereocenters. The van der Waals surface area contributed by atoms with E-state index in [0.29, 0.717) is 0 Å². The minimum atomic E-state index is -0.787. The molecule has 0 aliphatic heterocycles. The van der Waals surface area contributed by atoms with Crippen LogP contribution in [0.4, 0.5) is 0 Å². The first kappa shape index (κ1) is 10.3. The largest absolute Gasteiger partial charge is 0.481 e. The van der Waals surface area contributed by atoms with E-state index in [9.17, 15) is 4.79 Å². The average Bonchev–Trinajstić information content (AvgIpc) is 2.03. The predicted octanol–water partition coefficient (Wildman–Crippen LogP) is 2.95. The molecule has 0 fully saturated rings. The molecule has 1 N–H and O–H groups in total. The summed E-state index contributed by atoms with van der Waals surface area (Å²) in [5, 5.41) is 8.82. The van der Waals surface area contributed by atoms with Crippen molar-refractivity contribution in [1.29, 1.82) is 0 Å². The molecule has 0 spiro atoms. The van der Waals surface area contributed by atoms with Gasteiger partial charge in [0, 0.05) is 4.47 Å². The molecule has 70 valence electrons. The van der Waals surface area contributed by atoms with Crippen LogP contribution in [0.25, 0.3) is 0 Å². The van der Waals surface area contributed by atoms with Crippen LogP contribution in [-0.4, -0.2) is 11.1 Å². The SMILES string of the molecule is Cc1cc(Br)ccc1[C@H](C)C(=O)O. The van der Waals surface area contributed by atoms with Gasteiger partial charge in [0.2, 0.25) is 0 Å². The van der Waals surface area contributed by atoms with E-state index in [-0.39, 0.29) is 0 Å². The number of carboxylic acids is 1. The molecule has 0 aliphatic carbocycles. The van der Waals surface area contributed by atoms with E-state index in [1.165, 1.54) is 0 Å². The van der Waals surface area contributed by atoms with Crippen molar-refractivity contribution < 1.29 is 9.90 Å². The number of carboxylic acid groups (broad SMARTS) is 1. The monoisotopic (exact) mass is 242 g/mol. The second-order valence-electron chi connectivity index (χ2n) is 3.06. The molecular weight excluding hydrogens is 232 g/mol. The van der Waals surface area contributed by atoms with E-state index in [0.717, 1.165) is 15.6 Å². The molecular formula is C10H11BrO2. The molecule has 2 nitrogen and oxygen atoms in total. The Morgan fingerprint density at radius 3 is 2.62 bits per heavy atom. The third-order valence-corrected chi connectivity index (χ3v) is 2.56. The van der Waals surface area contributed by atoms with Gasteiger partial charge in [-0.1, -0.05) is 22.0 Å². The van der Waals surface area contributed by atoms with Crippen molar-refractivity contribution in [1.82, 2.24) is 0 Å². The molecule has 0 saturated carbocycles.